The van der Waals surface area contributed by atoms with Gasteiger partial charge in [-0.05, 0) is 12.1 Å². The summed E-state index contributed by atoms with van der Waals surface area (Å²) >= 11 is 0. The molecule has 0 aliphatic rings. The third-order valence-corrected chi connectivity index (χ3v) is 1.06. The van der Waals surface area contributed by atoms with Gasteiger partial charge in [0.15, 0.2) is 0 Å². The summed E-state index contributed by atoms with van der Waals surface area (Å²) < 4.78 is 0. The van der Waals surface area contributed by atoms with Crippen LogP contribution in [0.2, 0.25) is 0 Å². The number of rotatable bonds is 1. The molecule has 0 aliphatic heterocycles. The molecule has 0 saturated carbocycles. The van der Waals surface area contributed by atoms with Gasteiger partial charge in [0.2, 0.25) is 0 Å². The van der Waals surface area contributed by atoms with Crippen molar-refractivity contribution in [3.63, 3.8) is 0 Å². The summed E-state index contributed by atoms with van der Waals surface area (Å²) in [6, 6.07) is 5.04. The predicted octanol–water partition coefficient (Wildman–Crippen LogP) is -2.23. The van der Waals surface area contributed by atoms with Crippen LogP contribution in [0.1, 0.15) is 15.3 Å². The molecule has 110 valence electrons. The van der Waals surface area contributed by atoms with Crippen LogP contribution < -0.4 is 29.6 Å². The summed E-state index contributed by atoms with van der Waals surface area (Å²) in [6.07, 6.45) is 0. The molecule has 0 saturated heterocycles. The van der Waals surface area contributed by atoms with Crippen LogP contribution in [-0.4, -0.2) is 37.7 Å². The Bertz CT molecular complexity index is 392. The normalized spacial score (nSPS) is 7.10. The molecular weight excluding hydrogens is 285 g/mol. The van der Waals surface area contributed by atoms with Crippen LogP contribution in [0.4, 0.5) is 5.69 Å². The molecule has 1 aromatic carbocycles. The van der Waals surface area contributed by atoms with Crippen LogP contribution in [0.25, 0.3) is 0 Å². The van der Waals surface area contributed by atoms with Crippen molar-refractivity contribution in [3.8, 4) is 5.75 Å². The van der Waals surface area contributed by atoms with Gasteiger partial charge in [-0.2, -0.15) is 0 Å². The SMILES string of the molecule is CC(=O)O.CC(=O)O.O.O=[N+]([O-])c1ccc(O)cc1.[H-].[Na+]. The zero-order valence-corrected chi connectivity index (χ0v) is 13.2. The van der Waals surface area contributed by atoms with Gasteiger partial charge in [0.25, 0.3) is 17.6 Å². The first-order valence-corrected chi connectivity index (χ1v) is 4.49. The maximum atomic E-state index is 10.0. The van der Waals surface area contributed by atoms with E-state index in [-0.39, 0.29) is 47.9 Å². The van der Waals surface area contributed by atoms with Crippen molar-refractivity contribution in [2.45, 2.75) is 13.8 Å². The van der Waals surface area contributed by atoms with Crippen molar-refractivity contribution in [1.82, 2.24) is 0 Å². The fourth-order valence-corrected chi connectivity index (χ4v) is 0.574. The van der Waals surface area contributed by atoms with Gasteiger partial charge < -0.3 is 22.2 Å². The molecule has 0 aliphatic carbocycles. The fraction of sp³-hybridized carbons (Fsp3) is 0.200. The molecule has 0 atom stereocenters. The van der Waals surface area contributed by atoms with Crippen LogP contribution in [0.15, 0.2) is 24.3 Å². The van der Waals surface area contributed by atoms with Crippen LogP contribution >= 0.6 is 0 Å². The number of nitro benzene ring substituents is 1. The Morgan fingerprint density at radius 3 is 1.55 bits per heavy atom. The second kappa shape index (κ2) is 15.4. The number of nitro groups is 1. The second-order valence-corrected chi connectivity index (χ2v) is 2.81. The molecule has 0 unspecified atom stereocenters. The Labute approximate surface area is 138 Å². The topological polar surface area (TPSA) is 169 Å². The van der Waals surface area contributed by atoms with Crippen molar-refractivity contribution in [3.05, 3.63) is 34.4 Å². The average Bonchev–Trinajstić information content (AvgIpc) is 2.16. The number of hydrogen-bond acceptors (Lipinski definition) is 5. The number of benzene rings is 1. The summed E-state index contributed by atoms with van der Waals surface area (Å²) in [5.74, 6) is -1.63. The number of carboxylic acid groups (broad SMARTS) is 2. The Hall–Kier alpha value is -1.68. The summed E-state index contributed by atoms with van der Waals surface area (Å²) in [4.78, 5) is 27.5. The Kier molecular flexibility index (Phi) is 20.6. The number of nitrogens with zero attached hydrogens (tertiary/aromatic N) is 1. The number of carbonyl (C=O) groups is 2. The molecule has 0 bridgehead atoms. The number of phenolic OH excluding ortho intramolecular Hbond substituents is 1. The fourth-order valence-electron chi connectivity index (χ4n) is 0.574. The molecule has 0 radical (unpaired) electrons. The van der Waals surface area contributed by atoms with E-state index in [0.717, 1.165) is 13.8 Å². The van der Waals surface area contributed by atoms with E-state index in [9.17, 15) is 10.1 Å². The number of carboxylic acids is 2. The summed E-state index contributed by atoms with van der Waals surface area (Å²) in [5.41, 5.74) is -0.0159. The molecule has 0 spiro atoms. The van der Waals surface area contributed by atoms with Crippen molar-refractivity contribution in [1.29, 1.82) is 0 Å². The van der Waals surface area contributed by atoms with Crippen molar-refractivity contribution < 1.29 is 66.3 Å². The Balaban J connectivity index is -0.0000000673. The molecule has 9 nitrogen and oxygen atoms in total. The molecule has 0 amide bonds. The van der Waals surface area contributed by atoms with E-state index in [1.165, 1.54) is 24.3 Å². The first kappa shape index (κ1) is 26.8. The zero-order valence-electron chi connectivity index (χ0n) is 12.2. The molecule has 20 heavy (non-hydrogen) atoms. The minimum atomic E-state index is -0.833. The number of aliphatic carboxylic acids is 2. The van der Waals surface area contributed by atoms with Gasteiger partial charge in [0.05, 0.1) is 4.92 Å². The van der Waals surface area contributed by atoms with E-state index in [1.54, 1.807) is 0 Å². The first-order valence-electron chi connectivity index (χ1n) is 4.49. The quantitative estimate of drug-likeness (QED) is 0.299. The van der Waals surface area contributed by atoms with E-state index in [4.69, 9.17) is 24.9 Å². The Morgan fingerprint density at radius 1 is 1.10 bits per heavy atom. The molecule has 0 heterocycles. The van der Waals surface area contributed by atoms with Crippen molar-refractivity contribution in [2.75, 3.05) is 0 Å². The molecule has 0 aromatic heterocycles. The molecular formula is C10H16NNaO8. The largest absolute Gasteiger partial charge is 1.00 e. The van der Waals surface area contributed by atoms with Gasteiger partial charge in [-0.25, -0.2) is 0 Å². The second-order valence-electron chi connectivity index (χ2n) is 2.81. The van der Waals surface area contributed by atoms with E-state index < -0.39 is 16.9 Å². The van der Waals surface area contributed by atoms with Gasteiger partial charge in [0, 0.05) is 26.0 Å². The summed E-state index contributed by atoms with van der Waals surface area (Å²) in [7, 11) is 0. The maximum Gasteiger partial charge on any atom is 1.00 e. The first-order chi connectivity index (χ1) is 8.16. The van der Waals surface area contributed by atoms with Crippen LogP contribution in [0.5, 0.6) is 5.75 Å². The summed E-state index contributed by atoms with van der Waals surface area (Å²) in [6.45, 7) is 2.17. The molecule has 10 heteroatoms. The minimum absolute atomic E-state index is 0. The smallest absolute Gasteiger partial charge is 1.00 e. The van der Waals surface area contributed by atoms with Crippen molar-refractivity contribution >= 4 is 17.6 Å². The van der Waals surface area contributed by atoms with Gasteiger partial charge in [0.1, 0.15) is 5.75 Å². The van der Waals surface area contributed by atoms with Crippen LogP contribution in [-0.2, 0) is 9.59 Å². The number of hydrogen-bond donors (Lipinski definition) is 3. The van der Waals surface area contributed by atoms with Crippen LogP contribution in [0, 0.1) is 10.1 Å². The number of phenols is 1. The van der Waals surface area contributed by atoms with E-state index in [2.05, 4.69) is 0 Å². The third kappa shape index (κ3) is 25.2. The van der Waals surface area contributed by atoms with Gasteiger partial charge in [-0.3, -0.25) is 19.7 Å². The Morgan fingerprint density at radius 2 is 1.35 bits per heavy atom. The standard InChI is InChI=1S/C6H5NO3.2C2H4O2.Na.H2O.H/c8-6-3-1-5(2-4-6)7(9)10;2*1-2(3)4;;;/h1-4,8H;2*1H3,(H,3,4);;1H2;/q;;;+1;;-1. The zero-order chi connectivity index (χ0) is 14.7. The van der Waals surface area contributed by atoms with Gasteiger partial charge >= 0.3 is 29.6 Å². The van der Waals surface area contributed by atoms with Gasteiger partial charge in [-0.15, -0.1) is 0 Å². The summed E-state index contributed by atoms with van der Waals surface area (Å²) in [5, 5.41) is 33.6. The van der Waals surface area contributed by atoms with Crippen molar-refractivity contribution in [2.24, 2.45) is 0 Å². The predicted molar refractivity (Wildman–Crippen MR) is 66.1 cm³/mol. The maximum absolute atomic E-state index is 10.0. The molecule has 5 N–H and O–H groups in total. The molecule has 1 rings (SSSR count). The van der Waals surface area contributed by atoms with Gasteiger partial charge in [-0.1, -0.05) is 0 Å². The number of non-ortho nitro benzene ring substituents is 1. The third-order valence-electron chi connectivity index (χ3n) is 1.06. The number of aromatic hydroxyl groups is 1. The monoisotopic (exact) mass is 301 g/mol. The minimum Gasteiger partial charge on any atom is -1.00 e. The van der Waals surface area contributed by atoms with E-state index in [1.807, 2.05) is 0 Å². The van der Waals surface area contributed by atoms with Crippen LogP contribution in [0.3, 0.4) is 0 Å². The molecule has 1 aromatic rings. The molecule has 0 fully saturated rings. The van der Waals surface area contributed by atoms with E-state index in [0.29, 0.717) is 0 Å². The van der Waals surface area contributed by atoms with E-state index >= 15 is 0 Å². The average molecular weight is 301 g/mol.